The van der Waals surface area contributed by atoms with Crippen molar-refractivity contribution in [2.45, 2.75) is 39.4 Å². The third kappa shape index (κ3) is 2.65. The van der Waals surface area contributed by atoms with Gasteiger partial charge in [0.15, 0.2) is 0 Å². The summed E-state index contributed by atoms with van der Waals surface area (Å²) >= 11 is 0. The lowest BCUT2D eigenvalue weighted by molar-refractivity contribution is 0.413. The maximum absolute atomic E-state index is 4.05. The molecule has 0 fully saturated rings. The van der Waals surface area contributed by atoms with Gasteiger partial charge in [-0.2, -0.15) is 0 Å². The Balaban J connectivity index is 3.14. The molecule has 0 amide bonds. The molecule has 0 nitrogen and oxygen atoms in total. The summed E-state index contributed by atoms with van der Waals surface area (Å²) in [6.45, 7) is 15.9. The van der Waals surface area contributed by atoms with E-state index in [0.717, 1.165) is 0 Å². The molecule has 0 unspecified atom stereocenters. The van der Waals surface area contributed by atoms with E-state index >= 15 is 0 Å². The van der Waals surface area contributed by atoms with E-state index < -0.39 is 8.07 Å². The van der Waals surface area contributed by atoms with Crippen LogP contribution in [-0.4, -0.2) is 8.07 Å². The Kier molecular flexibility index (Phi) is 3.79. The molecule has 0 aromatic heterocycles. The van der Waals surface area contributed by atoms with E-state index in [2.05, 4.69) is 76.9 Å². The van der Waals surface area contributed by atoms with Crippen LogP contribution in [0.25, 0.3) is 0 Å². The van der Waals surface area contributed by atoms with Crippen molar-refractivity contribution in [3.63, 3.8) is 0 Å². The van der Waals surface area contributed by atoms with Crippen molar-refractivity contribution in [3.05, 3.63) is 43.0 Å². The summed E-state index contributed by atoms with van der Waals surface area (Å²) in [5.74, 6) is 0. The summed E-state index contributed by atoms with van der Waals surface area (Å²) in [5.41, 5.74) is 0.898. The van der Waals surface area contributed by atoms with E-state index in [9.17, 15) is 0 Å². The maximum atomic E-state index is 4.05. The number of hydrogen-bond acceptors (Lipinski definition) is 0. The Hall–Kier alpha value is -0.823. The summed E-state index contributed by atoms with van der Waals surface area (Å²) in [6, 6.07) is 10.9. The molecule has 0 radical (unpaired) electrons. The fourth-order valence-electron chi connectivity index (χ4n) is 2.78. The van der Waals surface area contributed by atoms with Gasteiger partial charge in [0.05, 0.1) is 8.07 Å². The molecule has 0 N–H and O–H groups in total. The van der Waals surface area contributed by atoms with Crippen molar-refractivity contribution in [1.82, 2.24) is 0 Å². The lowest BCUT2D eigenvalue weighted by atomic mass is 9.91. The van der Waals surface area contributed by atoms with Crippen molar-refractivity contribution in [1.29, 1.82) is 0 Å². The quantitative estimate of drug-likeness (QED) is 0.541. The second-order valence-corrected chi connectivity index (χ2v) is 10.8. The van der Waals surface area contributed by atoms with Crippen LogP contribution in [0.5, 0.6) is 0 Å². The lowest BCUT2D eigenvalue weighted by Gasteiger charge is -2.40. The van der Waals surface area contributed by atoms with E-state index in [0.29, 0.717) is 11.0 Å². The standard InChI is InChI=1S/C15H24Si/c1-7-14(15(2,3)4)16(5,6)13-11-9-8-10-12-13/h7-12,14H,1H2,2-6H3/t14-/m0/s1. The maximum Gasteiger partial charge on any atom is 0.0878 e. The molecule has 88 valence electrons. The number of hydrogen-bond donors (Lipinski definition) is 0. The average molecular weight is 232 g/mol. The number of benzene rings is 1. The first-order valence-corrected chi connectivity index (χ1v) is 9.06. The van der Waals surface area contributed by atoms with Gasteiger partial charge in [-0.1, -0.05) is 75.5 Å². The summed E-state index contributed by atoms with van der Waals surface area (Å²) in [6.07, 6.45) is 2.17. The van der Waals surface area contributed by atoms with Crippen LogP contribution in [0.1, 0.15) is 20.8 Å². The smallest absolute Gasteiger partial charge is 0.0878 e. The van der Waals surface area contributed by atoms with Gasteiger partial charge in [-0.3, -0.25) is 0 Å². The van der Waals surface area contributed by atoms with Crippen LogP contribution < -0.4 is 5.19 Å². The summed E-state index contributed by atoms with van der Waals surface area (Å²) in [7, 11) is -1.46. The van der Waals surface area contributed by atoms with E-state index in [4.69, 9.17) is 0 Å². The first kappa shape index (κ1) is 13.2. The Labute approximate surface area is 101 Å². The van der Waals surface area contributed by atoms with E-state index in [1.54, 1.807) is 0 Å². The van der Waals surface area contributed by atoms with Crippen LogP contribution in [0.15, 0.2) is 43.0 Å². The van der Waals surface area contributed by atoms with Crippen molar-refractivity contribution in [2.24, 2.45) is 5.41 Å². The van der Waals surface area contributed by atoms with Gasteiger partial charge in [0.2, 0.25) is 0 Å². The lowest BCUT2D eigenvalue weighted by Crippen LogP contribution is -2.49. The van der Waals surface area contributed by atoms with Gasteiger partial charge in [0.1, 0.15) is 0 Å². The number of allylic oxidation sites excluding steroid dienone is 1. The first-order chi connectivity index (χ1) is 7.30. The highest BCUT2D eigenvalue weighted by Gasteiger charge is 2.38. The molecule has 1 aromatic carbocycles. The zero-order valence-electron chi connectivity index (χ0n) is 11.2. The minimum atomic E-state index is -1.46. The van der Waals surface area contributed by atoms with E-state index in [-0.39, 0.29) is 0 Å². The molecular weight excluding hydrogens is 208 g/mol. The van der Waals surface area contributed by atoms with Gasteiger partial charge < -0.3 is 0 Å². The molecule has 0 aliphatic rings. The van der Waals surface area contributed by atoms with Crippen LogP contribution in [0.4, 0.5) is 0 Å². The van der Waals surface area contributed by atoms with Crippen molar-refractivity contribution >= 4 is 13.3 Å². The minimum Gasteiger partial charge on any atom is -0.103 e. The topological polar surface area (TPSA) is 0 Å². The molecule has 1 atom stereocenters. The molecule has 0 heterocycles. The molecule has 0 aliphatic heterocycles. The highest BCUT2D eigenvalue weighted by Crippen LogP contribution is 2.39. The third-order valence-electron chi connectivity index (χ3n) is 3.46. The van der Waals surface area contributed by atoms with Crippen LogP contribution in [0, 0.1) is 5.41 Å². The molecule has 1 heteroatoms. The second-order valence-electron chi connectivity index (χ2n) is 6.17. The fourth-order valence-corrected chi connectivity index (χ4v) is 6.94. The zero-order chi connectivity index (χ0) is 12.4. The molecule has 0 aliphatic carbocycles. The van der Waals surface area contributed by atoms with Crippen LogP contribution in [0.3, 0.4) is 0 Å². The third-order valence-corrected chi connectivity index (χ3v) is 7.94. The molecule has 1 rings (SSSR count). The molecular formula is C15H24Si. The van der Waals surface area contributed by atoms with Crippen molar-refractivity contribution < 1.29 is 0 Å². The summed E-state index contributed by atoms with van der Waals surface area (Å²) < 4.78 is 0. The number of rotatable bonds is 3. The van der Waals surface area contributed by atoms with Crippen LogP contribution >= 0.6 is 0 Å². The molecule has 0 bridgehead atoms. The summed E-state index contributed by atoms with van der Waals surface area (Å²) in [4.78, 5) is 0. The molecule has 16 heavy (non-hydrogen) atoms. The average Bonchev–Trinajstić information content (AvgIpc) is 2.17. The second kappa shape index (κ2) is 4.58. The SMILES string of the molecule is C=C[C@@H](C(C)(C)C)[Si](C)(C)c1ccccc1. The largest absolute Gasteiger partial charge is 0.103 e. The van der Waals surface area contributed by atoms with E-state index in [1.807, 2.05) is 0 Å². The van der Waals surface area contributed by atoms with Crippen LogP contribution in [-0.2, 0) is 0 Å². The predicted octanol–water partition coefficient (Wildman–Crippen LogP) is 4.20. The van der Waals surface area contributed by atoms with Crippen LogP contribution in [0.2, 0.25) is 18.6 Å². The molecule has 0 saturated carbocycles. The normalized spacial score (nSPS) is 14.6. The van der Waals surface area contributed by atoms with Gasteiger partial charge in [-0.05, 0) is 11.0 Å². The Morgan fingerprint density at radius 3 is 2.00 bits per heavy atom. The van der Waals surface area contributed by atoms with E-state index in [1.165, 1.54) is 5.19 Å². The Morgan fingerprint density at radius 2 is 1.62 bits per heavy atom. The van der Waals surface area contributed by atoms with Gasteiger partial charge in [0, 0.05) is 0 Å². The summed E-state index contributed by atoms with van der Waals surface area (Å²) in [5, 5.41) is 1.52. The Morgan fingerprint density at radius 1 is 1.12 bits per heavy atom. The molecule has 0 saturated heterocycles. The highest BCUT2D eigenvalue weighted by molar-refractivity contribution is 6.91. The zero-order valence-corrected chi connectivity index (χ0v) is 12.2. The molecule has 1 aromatic rings. The minimum absolute atomic E-state index is 0.299. The molecule has 0 spiro atoms. The first-order valence-electron chi connectivity index (χ1n) is 5.98. The predicted molar refractivity (Wildman–Crippen MR) is 77.0 cm³/mol. The van der Waals surface area contributed by atoms with Gasteiger partial charge in [0.25, 0.3) is 0 Å². The van der Waals surface area contributed by atoms with Crippen molar-refractivity contribution in [2.75, 3.05) is 0 Å². The fraction of sp³-hybridized carbons (Fsp3) is 0.467. The highest BCUT2D eigenvalue weighted by atomic mass is 28.3. The van der Waals surface area contributed by atoms with Gasteiger partial charge >= 0.3 is 0 Å². The monoisotopic (exact) mass is 232 g/mol. The van der Waals surface area contributed by atoms with Gasteiger partial charge in [-0.15, -0.1) is 6.58 Å². The Bertz CT molecular complexity index is 343. The van der Waals surface area contributed by atoms with Crippen molar-refractivity contribution in [3.8, 4) is 0 Å². The van der Waals surface area contributed by atoms with Gasteiger partial charge in [-0.25, -0.2) is 0 Å².